The predicted molar refractivity (Wildman–Crippen MR) is 69.3 cm³/mol. The second kappa shape index (κ2) is 4.94. The summed E-state index contributed by atoms with van der Waals surface area (Å²) >= 11 is 0. The highest BCUT2D eigenvalue weighted by atomic mass is 16.4. The fraction of sp³-hybridized carbons (Fsp3) is 0.214. The Bertz CT molecular complexity index is 648. The minimum atomic E-state index is -0.983. The second-order valence-corrected chi connectivity index (χ2v) is 4.47. The first-order chi connectivity index (χ1) is 9.04. The number of hydrogen-bond acceptors (Lipinski definition) is 3. The molecule has 0 bridgehead atoms. The molecule has 5 heteroatoms. The molecule has 2 rings (SSSR count). The Labute approximate surface area is 110 Å². The van der Waals surface area contributed by atoms with Gasteiger partial charge in [0, 0.05) is 0 Å². The van der Waals surface area contributed by atoms with Gasteiger partial charge in [-0.2, -0.15) is 10.4 Å². The van der Waals surface area contributed by atoms with Crippen LogP contribution in [-0.2, 0) is 0 Å². The number of aromatic nitrogens is 2. The monoisotopic (exact) mass is 255 g/mol. The Morgan fingerprint density at radius 1 is 1.37 bits per heavy atom. The summed E-state index contributed by atoms with van der Waals surface area (Å²) in [4.78, 5) is 11.2. The van der Waals surface area contributed by atoms with Gasteiger partial charge in [-0.05, 0) is 30.2 Å². The standard InChI is InChI=1S/C14H13N3O2/c1-9(2)13-12(14(18)19)8-16-17(13)11-5-3-10(7-15)4-6-11/h3-6,8-9H,1-2H3,(H,18,19). The molecule has 1 aromatic heterocycles. The third-order valence-corrected chi connectivity index (χ3v) is 2.82. The van der Waals surface area contributed by atoms with E-state index in [-0.39, 0.29) is 11.5 Å². The van der Waals surface area contributed by atoms with E-state index >= 15 is 0 Å². The zero-order chi connectivity index (χ0) is 14.0. The van der Waals surface area contributed by atoms with E-state index in [4.69, 9.17) is 10.4 Å². The summed E-state index contributed by atoms with van der Waals surface area (Å²) in [5, 5.41) is 22.1. The van der Waals surface area contributed by atoms with Gasteiger partial charge in [0.2, 0.25) is 0 Å². The molecule has 0 saturated carbocycles. The van der Waals surface area contributed by atoms with Crippen LogP contribution in [0, 0.1) is 11.3 Å². The topological polar surface area (TPSA) is 78.9 Å². The van der Waals surface area contributed by atoms with E-state index in [2.05, 4.69) is 5.10 Å². The van der Waals surface area contributed by atoms with Crippen molar-refractivity contribution in [1.29, 1.82) is 5.26 Å². The first kappa shape index (κ1) is 12.8. The SMILES string of the molecule is CC(C)c1c(C(=O)O)cnn1-c1ccc(C#N)cc1. The van der Waals surface area contributed by atoms with Crippen molar-refractivity contribution in [3.05, 3.63) is 47.3 Å². The number of rotatable bonds is 3. The molecule has 0 amide bonds. The molecule has 1 N–H and O–H groups in total. The van der Waals surface area contributed by atoms with Gasteiger partial charge in [0.05, 0.1) is 29.2 Å². The quantitative estimate of drug-likeness (QED) is 0.914. The van der Waals surface area contributed by atoms with Crippen LogP contribution < -0.4 is 0 Å². The van der Waals surface area contributed by atoms with Crippen molar-refractivity contribution in [2.75, 3.05) is 0 Å². The summed E-state index contributed by atoms with van der Waals surface area (Å²) in [6, 6.07) is 8.91. The number of hydrogen-bond donors (Lipinski definition) is 1. The van der Waals surface area contributed by atoms with Gasteiger partial charge in [-0.15, -0.1) is 0 Å². The zero-order valence-corrected chi connectivity index (χ0v) is 10.7. The Morgan fingerprint density at radius 2 is 2.00 bits per heavy atom. The van der Waals surface area contributed by atoms with Crippen LogP contribution in [-0.4, -0.2) is 20.9 Å². The molecule has 0 atom stereocenters. The van der Waals surface area contributed by atoms with Crippen LogP contribution in [0.3, 0.4) is 0 Å². The molecule has 19 heavy (non-hydrogen) atoms. The highest BCUT2D eigenvalue weighted by Crippen LogP contribution is 2.23. The molecule has 0 spiro atoms. The number of nitrogens with zero attached hydrogens (tertiary/aromatic N) is 3. The van der Waals surface area contributed by atoms with Crippen molar-refractivity contribution >= 4 is 5.97 Å². The summed E-state index contributed by atoms with van der Waals surface area (Å²) in [6.07, 6.45) is 1.36. The van der Waals surface area contributed by atoms with E-state index in [0.717, 1.165) is 5.69 Å². The van der Waals surface area contributed by atoms with Gasteiger partial charge in [-0.25, -0.2) is 9.48 Å². The lowest BCUT2D eigenvalue weighted by molar-refractivity contribution is 0.0695. The van der Waals surface area contributed by atoms with Gasteiger partial charge >= 0.3 is 5.97 Å². The number of nitriles is 1. The van der Waals surface area contributed by atoms with Gasteiger partial charge in [-0.1, -0.05) is 13.8 Å². The van der Waals surface area contributed by atoms with Crippen molar-refractivity contribution in [3.8, 4) is 11.8 Å². The van der Waals surface area contributed by atoms with Gasteiger partial charge in [0.25, 0.3) is 0 Å². The molecule has 1 heterocycles. The number of carbonyl (C=O) groups is 1. The molecule has 1 aromatic carbocycles. The molecule has 0 unspecified atom stereocenters. The Hall–Kier alpha value is -2.61. The number of benzene rings is 1. The summed E-state index contributed by atoms with van der Waals surface area (Å²) in [7, 11) is 0. The van der Waals surface area contributed by atoms with Crippen LogP contribution in [0.1, 0.15) is 41.4 Å². The van der Waals surface area contributed by atoms with E-state index in [1.54, 1.807) is 28.9 Å². The van der Waals surface area contributed by atoms with Gasteiger partial charge in [-0.3, -0.25) is 0 Å². The number of carboxylic acids is 1. The summed E-state index contributed by atoms with van der Waals surface area (Å²) in [5.74, 6) is -0.951. The minimum absolute atomic E-state index is 0.0317. The molecular formula is C14H13N3O2. The van der Waals surface area contributed by atoms with E-state index in [1.807, 2.05) is 19.9 Å². The number of aromatic carboxylic acids is 1. The lowest BCUT2D eigenvalue weighted by Gasteiger charge is -2.11. The van der Waals surface area contributed by atoms with Crippen LogP contribution in [0.15, 0.2) is 30.5 Å². The van der Waals surface area contributed by atoms with Crippen molar-refractivity contribution in [2.45, 2.75) is 19.8 Å². The predicted octanol–water partition coefficient (Wildman–Crippen LogP) is 2.57. The first-order valence-corrected chi connectivity index (χ1v) is 5.86. The summed E-state index contributed by atoms with van der Waals surface area (Å²) < 4.78 is 1.61. The lowest BCUT2D eigenvalue weighted by Crippen LogP contribution is -2.08. The summed E-state index contributed by atoms with van der Waals surface area (Å²) in [5.41, 5.74) is 2.16. The fourth-order valence-electron chi connectivity index (χ4n) is 1.96. The van der Waals surface area contributed by atoms with Crippen molar-refractivity contribution in [3.63, 3.8) is 0 Å². The van der Waals surface area contributed by atoms with Crippen LogP contribution in [0.5, 0.6) is 0 Å². The minimum Gasteiger partial charge on any atom is -0.478 e. The van der Waals surface area contributed by atoms with Crippen LogP contribution >= 0.6 is 0 Å². The Kier molecular flexibility index (Phi) is 3.34. The highest BCUT2D eigenvalue weighted by molar-refractivity contribution is 5.89. The maximum absolute atomic E-state index is 11.2. The van der Waals surface area contributed by atoms with Crippen molar-refractivity contribution in [1.82, 2.24) is 9.78 Å². The average Bonchev–Trinajstić information content (AvgIpc) is 2.83. The third kappa shape index (κ3) is 2.33. The summed E-state index contributed by atoms with van der Waals surface area (Å²) in [6.45, 7) is 3.84. The molecule has 0 aliphatic carbocycles. The zero-order valence-electron chi connectivity index (χ0n) is 10.7. The van der Waals surface area contributed by atoms with Crippen LogP contribution in [0.25, 0.3) is 5.69 Å². The lowest BCUT2D eigenvalue weighted by atomic mass is 10.1. The molecule has 0 aliphatic heterocycles. The fourth-order valence-corrected chi connectivity index (χ4v) is 1.96. The van der Waals surface area contributed by atoms with Crippen molar-refractivity contribution < 1.29 is 9.90 Å². The molecule has 0 aliphatic rings. The molecule has 2 aromatic rings. The van der Waals surface area contributed by atoms with E-state index < -0.39 is 5.97 Å². The van der Waals surface area contributed by atoms with Gasteiger partial charge < -0.3 is 5.11 Å². The molecule has 96 valence electrons. The Morgan fingerprint density at radius 3 is 2.47 bits per heavy atom. The molecular weight excluding hydrogens is 242 g/mol. The number of carboxylic acid groups (broad SMARTS) is 1. The van der Waals surface area contributed by atoms with Crippen LogP contribution in [0.2, 0.25) is 0 Å². The second-order valence-electron chi connectivity index (χ2n) is 4.47. The average molecular weight is 255 g/mol. The normalized spacial score (nSPS) is 10.4. The Balaban J connectivity index is 2.56. The molecule has 0 radical (unpaired) electrons. The third-order valence-electron chi connectivity index (χ3n) is 2.82. The first-order valence-electron chi connectivity index (χ1n) is 5.86. The van der Waals surface area contributed by atoms with Crippen molar-refractivity contribution in [2.24, 2.45) is 0 Å². The largest absolute Gasteiger partial charge is 0.478 e. The molecule has 0 fully saturated rings. The smallest absolute Gasteiger partial charge is 0.339 e. The van der Waals surface area contributed by atoms with Gasteiger partial charge in [0.15, 0.2) is 0 Å². The van der Waals surface area contributed by atoms with E-state index in [1.165, 1.54) is 6.20 Å². The van der Waals surface area contributed by atoms with E-state index in [9.17, 15) is 4.79 Å². The van der Waals surface area contributed by atoms with Crippen LogP contribution in [0.4, 0.5) is 0 Å². The highest BCUT2D eigenvalue weighted by Gasteiger charge is 2.20. The molecule has 0 saturated heterocycles. The maximum atomic E-state index is 11.2. The molecule has 5 nitrogen and oxygen atoms in total. The maximum Gasteiger partial charge on any atom is 0.339 e. The van der Waals surface area contributed by atoms with E-state index in [0.29, 0.717) is 11.3 Å². The van der Waals surface area contributed by atoms with Gasteiger partial charge in [0.1, 0.15) is 5.56 Å².